The number of benzene rings is 3. The molecule has 0 fully saturated rings. The molecular weight excluding hydrogens is 380 g/mol. The van der Waals surface area contributed by atoms with Gasteiger partial charge in [-0.15, -0.1) is 0 Å². The third kappa shape index (κ3) is 3.57. The number of nitrogens with zero attached hydrogens (tertiary/aromatic N) is 1. The lowest BCUT2D eigenvalue weighted by atomic mass is 10.0. The zero-order valence-corrected chi connectivity index (χ0v) is 17.2. The van der Waals surface area contributed by atoms with Crippen molar-refractivity contribution in [3.05, 3.63) is 88.5 Å². The fourth-order valence-corrected chi connectivity index (χ4v) is 3.59. The molecule has 0 saturated carbocycles. The maximum absolute atomic E-state index is 12.6. The topological polar surface area (TPSA) is 71.0 Å². The number of anilines is 1. The predicted molar refractivity (Wildman–Crippen MR) is 114 cm³/mol. The van der Waals surface area contributed by atoms with Gasteiger partial charge in [-0.2, -0.15) is 5.06 Å². The van der Waals surface area contributed by atoms with Crippen molar-refractivity contribution in [2.45, 2.75) is 26.6 Å². The first-order valence-corrected chi connectivity index (χ1v) is 9.73. The van der Waals surface area contributed by atoms with Crippen LogP contribution in [0.3, 0.4) is 0 Å². The molecule has 2 N–H and O–H groups in total. The number of nitrogens with one attached hydrogen (secondary N) is 1. The first-order valence-electron chi connectivity index (χ1n) is 9.73. The average molecular weight is 404 g/mol. The Kier molecular flexibility index (Phi) is 5.33. The molecule has 1 atom stereocenters. The third-order valence-electron chi connectivity index (χ3n) is 5.46. The molecule has 30 heavy (non-hydrogen) atoms. The van der Waals surface area contributed by atoms with Crippen molar-refractivity contribution in [3.63, 3.8) is 0 Å². The quantitative estimate of drug-likeness (QED) is 0.595. The molecule has 4 rings (SSSR count). The second kappa shape index (κ2) is 8.08. The molecule has 0 bridgehead atoms. The molecule has 0 radical (unpaired) electrons. The molecule has 0 saturated heterocycles. The van der Waals surface area contributed by atoms with Crippen LogP contribution in [-0.2, 0) is 6.61 Å². The number of rotatable bonds is 5. The third-order valence-corrected chi connectivity index (χ3v) is 5.46. The van der Waals surface area contributed by atoms with E-state index in [4.69, 9.17) is 9.47 Å². The van der Waals surface area contributed by atoms with Gasteiger partial charge in [0.1, 0.15) is 18.1 Å². The van der Waals surface area contributed by atoms with Crippen LogP contribution in [0.25, 0.3) is 0 Å². The Morgan fingerprint density at radius 2 is 1.83 bits per heavy atom. The fraction of sp³-hybridized carbons (Fsp3) is 0.208. The van der Waals surface area contributed by atoms with E-state index in [1.54, 1.807) is 19.2 Å². The summed E-state index contributed by atoms with van der Waals surface area (Å²) < 4.78 is 11.5. The molecule has 1 unspecified atom stereocenters. The number of methoxy groups -OCH3 is 1. The van der Waals surface area contributed by atoms with Gasteiger partial charge < -0.3 is 14.8 Å². The monoisotopic (exact) mass is 404 g/mol. The molecule has 1 heterocycles. The zero-order valence-electron chi connectivity index (χ0n) is 17.2. The van der Waals surface area contributed by atoms with Gasteiger partial charge in [-0.1, -0.05) is 30.3 Å². The van der Waals surface area contributed by atoms with Gasteiger partial charge in [-0.3, -0.25) is 10.0 Å². The first kappa shape index (κ1) is 19.8. The van der Waals surface area contributed by atoms with Gasteiger partial charge in [0.15, 0.2) is 6.17 Å². The van der Waals surface area contributed by atoms with Crippen molar-refractivity contribution < 1.29 is 19.5 Å². The minimum Gasteiger partial charge on any atom is -0.496 e. The highest BCUT2D eigenvalue weighted by Crippen LogP contribution is 2.34. The van der Waals surface area contributed by atoms with Crippen LogP contribution in [0.4, 0.5) is 5.69 Å². The summed E-state index contributed by atoms with van der Waals surface area (Å²) >= 11 is 0. The molecule has 3 aromatic rings. The number of carbonyl (C=O) groups excluding carboxylic acids is 1. The van der Waals surface area contributed by atoms with E-state index >= 15 is 0 Å². The predicted octanol–water partition coefficient (Wildman–Crippen LogP) is 4.85. The van der Waals surface area contributed by atoms with E-state index in [1.165, 1.54) is 0 Å². The average Bonchev–Trinajstić information content (AvgIpc) is 2.77. The summed E-state index contributed by atoms with van der Waals surface area (Å²) in [6.45, 7) is 4.36. The van der Waals surface area contributed by atoms with Crippen LogP contribution in [0.2, 0.25) is 0 Å². The smallest absolute Gasteiger partial charge is 0.281 e. The van der Waals surface area contributed by atoms with Gasteiger partial charge in [-0.05, 0) is 60.9 Å². The highest BCUT2D eigenvalue weighted by atomic mass is 16.5. The molecule has 1 aliphatic heterocycles. The number of aryl methyl sites for hydroxylation is 1. The summed E-state index contributed by atoms with van der Waals surface area (Å²) in [6.07, 6.45) is -0.710. The summed E-state index contributed by atoms with van der Waals surface area (Å²) in [6, 6.07) is 18.6. The number of para-hydroxylation sites is 1. The van der Waals surface area contributed by atoms with Crippen molar-refractivity contribution in [1.82, 2.24) is 5.06 Å². The molecule has 154 valence electrons. The van der Waals surface area contributed by atoms with Gasteiger partial charge >= 0.3 is 0 Å². The second-order valence-corrected chi connectivity index (χ2v) is 7.30. The molecule has 1 aliphatic rings. The Balaban J connectivity index is 1.63. The molecule has 0 aliphatic carbocycles. The SMILES string of the molecule is COc1ccc(C2Nc3ccccc3C(=O)N2O)cc1COc1cccc(C)c1C. The Labute approximate surface area is 175 Å². The number of ether oxygens (including phenoxy) is 2. The van der Waals surface area contributed by atoms with E-state index in [0.29, 0.717) is 23.6 Å². The van der Waals surface area contributed by atoms with E-state index in [9.17, 15) is 10.0 Å². The maximum Gasteiger partial charge on any atom is 0.281 e. The second-order valence-electron chi connectivity index (χ2n) is 7.30. The van der Waals surface area contributed by atoms with Gasteiger partial charge in [0, 0.05) is 11.3 Å². The van der Waals surface area contributed by atoms with Crippen molar-refractivity contribution >= 4 is 11.6 Å². The van der Waals surface area contributed by atoms with E-state index < -0.39 is 12.1 Å². The van der Waals surface area contributed by atoms with Crippen LogP contribution >= 0.6 is 0 Å². The van der Waals surface area contributed by atoms with E-state index in [0.717, 1.165) is 33.1 Å². The van der Waals surface area contributed by atoms with Crippen molar-refractivity contribution in [2.24, 2.45) is 0 Å². The Morgan fingerprint density at radius 1 is 1.03 bits per heavy atom. The Bertz CT molecular complexity index is 1100. The molecule has 6 heteroatoms. The zero-order chi connectivity index (χ0) is 21.3. The van der Waals surface area contributed by atoms with Crippen LogP contribution in [0.1, 0.15) is 38.8 Å². The highest BCUT2D eigenvalue weighted by Gasteiger charge is 2.32. The van der Waals surface area contributed by atoms with E-state index in [1.807, 2.05) is 62.4 Å². The van der Waals surface area contributed by atoms with Gasteiger partial charge in [-0.25, -0.2) is 0 Å². The Morgan fingerprint density at radius 3 is 2.63 bits per heavy atom. The number of carbonyl (C=O) groups is 1. The van der Waals surface area contributed by atoms with Gasteiger partial charge in [0.25, 0.3) is 5.91 Å². The number of hydrogen-bond donors (Lipinski definition) is 2. The number of hydrogen-bond acceptors (Lipinski definition) is 5. The van der Waals surface area contributed by atoms with Crippen LogP contribution in [-0.4, -0.2) is 23.3 Å². The summed E-state index contributed by atoms with van der Waals surface area (Å²) in [7, 11) is 1.60. The molecule has 0 aromatic heterocycles. The van der Waals surface area contributed by atoms with Crippen molar-refractivity contribution in [2.75, 3.05) is 12.4 Å². The summed E-state index contributed by atoms with van der Waals surface area (Å²) in [5, 5.41) is 14.4. The number of amides is 1. The van der Waals surface area contributed by atoms with Gasteiger partial charge in [0.2, 0.25) is 0 Å². The molecule has 1 amide bonds. The number of fused-ring (bicyclic) bond motifs is 1. The molecule has 0 spiro atoms. The van der Waals surface area contributed by atoms with Crippen LogP contribution in [0, 0.1) is 13.8 Å². The first-order chi connectivity index (χ1) is 14.5. The summed E-state index contributed by atoms with van der Waals surface area (Å²) in [5.74, 6) is 1.04. The lowest BCUT2D eigenvalue weighted by molar-refractivity contribution is -0.0851. The van der Waals surface area contributed by atoms with E-state index in [2.05, 4.69) is 5.32 Å². The minimum absolute atomic E-state index is 0.296. The van der Waals surface area contributed by atoms with E-state index in [-0.39, 0.29) is 0 Å². The largest absolute Gasteiger partial charge is 0.496 e. The van der Waals surface area contributed by atoms with Crippen molar-refractivity contribution in [3.8, 4) is 11.5 Å². The standard InChI is InChI=1S/C24H24N2O4/c1-15-7-6-10-21(16(15)2)30-14-18-13-17(11-12-22(18)29-3)23-25-20-9-5-4-8-19(20)24(27)26(23)28/h4-13,23,25,28H,14H2,1-3H3. The Hall–Kier alpha value is -3.51. The fourth-order valence-electron chi connectivity index (χ4n) is 3.59. The molecule has 6 nitrogen and oxygen atoms in total. The van der Waals surface area contributed by atoms with Crippen LogP contribution in [0.15, 0.2) is 60.7 Å². The number of hydroxylamine groups is 2. The van der Waals surface area contributed by atoms with Gasteiger partial charge in [0.05, 0.1) is 12.7 Å². The lowest BCUT2D eigenvalue weighted by Crippen LogP contribution is -2.40. The molecular formula is C24H24N2O4. The van der Waals surface area contributed by atoms with Crippen molar-refractivity contribution in [1.29, 1.82) is 0 Å². The van der Waals surface area contributed by atoms with Crippen LogP contribution < -0.4 is 14.8 Å². The normalized spacial score (nSPS) is 15.4. The van der Waals surface area contributed by atoms with Crippen LogP contribution in [0.5, 0.6) is 11.5 Å². The highest BCUT2D eigenvalue weighted by molar-refractivity contribution is 6.01. The maximum atomic E-state index is 12.6. The summed E-state index contributed by atoms with van der Waals surface area (Å²) in [4.78, 5) is 12.6. The lowest BCUT2D eigenvalue weighted by Gasteiger charge is -2.33. The summed E-state index contributed by atoms with van der Waals surface area (Å²) in [5.41, 5.74) is 4.90. The minimum atomic E-state index is -0.710. The molecule has 3 aromatic carbocycles.